The minimum Gasteiger partial charge on any atom is -0.382 e. The molecule has 90 valence electrons. The fourth-order valence-electron chi connectivity index (χ4n) is 2.12. The quantitative estimate of drug-likeness (QED) is 0.650. The molecule has 0 spiro atoms. The third-order valence-electron chi connectivity index (χ3n) is 3.24. The zero-order valence-electron chi connectivity index (χ0n) is 10.5. The van der Waals surface area contributed by atoms with Crippen molar-refractivity contribution in [2.45, 2.75) is 45.2 Å². The van der Waals surface area contributed by atoms with E-state index in [4.69, 9.17) is 4.74 Å². The molecule has 2 unspecified atom stereocenters. The van der Waals surface area contributed by atoms with Crippen LogP contribution in [0.3, 0.4) is 0 Å². The van der Waals surface area contributed by atoms with Crippen molar-refractivity contribution in [3.63, 3.8) is 0 Å². The fraction of sp³-hybridized carbons (Fsp3) is 1.00. The van der Waals surface area contributed by atoms with Crippen molar-refractivity contribution in [3.05, 3.63) is 0 Å². The van der Waals surface area contributed by atoms with E-state index in [2.05, 4.69) is 24.2 Å². The molecule has 0 bridgehead atoms. The normalized spacial score (nSPS) is 27.4. The summed E-state index contributed by atoms with van der Waals surface area (Å²) >= 11 is 0. The predicted molar refractivity (Wildman–Crippen MR) is 64.2 cm³/mol. The molecule has 1 N–H and O–H groups in total. The number of unbranched alkanes of at least 4 members (excludes halogenated alkanes) is 1. The van der Waals surface area contributed by atoms with Gasteiger partial charge in [0.25, 0.3) is 0 Å². The highest BCUT2D eigenvalue weighted by Gasteiger charge is 2.24. The lowest BCUT2D eigenvalue weighted by Gasteiger charge is -2.13. The number of nitrogens with zero attached hydrogens (tertiary/aromatic N) is 1. The SMILES string of the molecule is CCOCCCCNC1CC(C)N(C)C1. The average Bonchev–Trinajstić information content (AvgIpc) is 2.52. The Hall–Kier alpha value is -0.120. The molecule has 3 nitrogen and oxygen atoms in total. The zero-order valence-corrected chi connectivity index (χ0v) is 10.5. The van der Waals surface area contributed by atoms with Gasteiger partial charge in [0.1, 0.15) is 0 Å². The Morgan fingerprint density at radius 2 is 2.20 bits per heavy atom. The van der Waals surface area contributed by atoms with Crippen LogP contribution in [0, 0.1) is 0 Å². The summed E-state index contributed by atoms with van der Waals surface area (Å²) in [5, 5.41) is 3.62. The molecule has 1 saturated heterocycles. The molecule has 3 heteroatoms. The Bertz CT molecular complexity index is 154. The number of likely N-dealkylation sites (N-methyl/N-ethyl adjacent to an activating group) is 1. The molecule has 0 radical (unpaired) electrons. The zero-order chi connectivity index (χ0) is 11.1. The van der Waals surface area contributed by atoms with Gasteiger partial charge in [0.15, 0.2) is 0 Å². The molecule has 1 aliphatic rings. The first kappa shape index (κ1) is 12.9. The van der Waals surface area contributed by atoms with Crippen LogP contribution in [0.15, 0.2) is 0 Å². The maximum atomic E-state index is 5.30. The summed E-state index contributed by atoms with van der Waals surface area (Å²) < 4.78 is 5.30. The van der Waals surface area contributed by atoms with Crippen molar-refractivity contribution in [1.29, 1.82) is 0 Å². The first-order valence-electron chi connectivity index (χ1n) is 6.25. The standard InChI is InChI=1S/C12H26N2O/c1-4-15-8-6-5-7-13-12-9-11(2)14(3)10-12/h11-13H,4-10H2,1-3H3. The molecular formula is C12H26N2O. The number of nitrogens with one attached hydrogen (secondary N) is 1. The van der Waals surface area contributed by atoms with Gasteiger partial charge in [-0.25, -0.2) is 0 Å². The molecule has 0 aliphatic carbocycles. The molecule has 1 heterocycles. The molecule has 0 aromatic carbocycles. The van der Waals surface area contributed by atoms with E-state index in [0.29, 0.717) is 6.04 Å². The van der Waals surface area contributed by atoms with E-state index in [1.807, 2.05) is 6.92 Å². The summed E-state index contributed by atoms with van der Waals surface area (Å²) in [6.45, 7) is 8.45. The molecule has 15 heavy (non-hydrogen) atoms. The second kappa shape index (κ2) is 7.20. The van der Waals surface area contributed by atoms with Crippen molar-refractivity contribution >= 4 is 0 Å². The summed E-state index contributed by atoms with van der Waals surface area (Å²) in [6.07, 6.45) is 3.70. The van der Waals surface area contributed by atoms with Crippen LogP contribution < -0.4 is 5.32 Å². The van der Waals surface area contributed by atoms with Gasteiger partial charge in [-0.05, 0) is 46.7 Å². The van der Waals surface area contributed by atoms with Crippen molar-refractivity contribution < 1.29 is 4.74 Å². The first-order chi connectivity index (χ1) is 7.24. The topological polar surface area (TPSA) is 24.5 Å². The number of likely N-dealkylation sites (tertiary alicyclic amines) is 1. The Morgan fingerprint density at radius 1 is 1.40 bits per heavy atom. The molecule has 0 saturated carbocycles. The van der Waals surface area contributed by atoms with Gasteiger partial charge in [0.2, 0.25) is 0 Å². The van der Waals surface area contributed by atoms with E-state index in [1.165, 1.54) is 25.8 Å². The van der Waals surface area contributed by atoms with Crippen molar-refractivity contribution in [2.75, 3.05) is 33.4 Å². The monoisotopic (exact) mass is 214 g/mol. The average molecular weight is 214 g/mol. The van der Waals surface area contributed by atoms with Crippen LogP contribution in [0.1, 0.15) is 33.1 Å². The highest BCUT2D eigenvalue weighted by molar-refractivity contribution is 4.84. The number of ether oxygens (including phenoxy) is 1. The van der Waals surface area contributed by atoms with Crippen LogP contribution in [-0.4, -0.2) is 50.3 Å². The molecule has 1 fully saturated rings. The third-order valence-corrected chi connectivity index (χ3v) is 3.24. The van der Waals surface area contributed by atoms with Gasteiger partial charge in [-0.3, -0.25) is 0 Å². The van der Waals surface area contributed by atoms with Crippen LogP contribution in [-0.2, 0) is 4.74 Å². The molecule has 1 rings (SSSR count). The van der Waals surface area contributed by atoms with Gasteiger partial charge in [0.05, 0.1) is 0 Å². The second-order valence-electron chi connectivity index (χ2n) is 4.58. The Morgan fingerprint density at radius 3 is 2.80 bits per heavy atom. The van der Waals surface area contributed by atoms with E-state index in [1.54, 1.807) is 0 Å². The minimum atomic E-state index is 0.706. The van der Waals surface area contributed by atoms with E-state index in [-0.39, 0.29) is 0 Å². The van der Waals surface area contributed by atoms with Crippen LogP contribution >= 0.6 is 0 Å². The largest absolute Gasteiger partial charge is 0.382 e. The summed E-state index contributed by atoms with van der Waals surface area (Å²) in [5.41, 5.74) is 0. The molecular weight excluding hydrogens is 188 g/mol. The van der Waals surface area contributed by atoms with E-state index >= 15 is 0 Å². The van der Waals surface area contributed by atoms with E-state index in [9.17, 15) is 0 Å². The molecule has 0 aromatic heterocycles. The highest BCUT2D eigenvalue weighted by atomic mass is 16.5. The van der Waals surface area contributed by atoms with Crippen molar-refractivity contribution in [3.8, 4) is 0 Å². The van der Waals surface area contributed by atoms with Gasteiger partial charge in [-0.1, -0.05) is 0 Å². The van der Waals surface area contributed by atoms with Gasteiger partial charge in [-0.2, -0.15) is 0 Å². The Balaban J connectivity index is 1.92. The first-order valence-corrected chi connectivity index (χ1v) is 6.25. The van der Waals surface area contributed by atoms with Gasteiger partial charge >= 0.3 is 0 Å². The second-order valence-corrected chi connectivity index (χ2v) is 4.58. The maximum Gasteiger partial charge on any atom is 0.0466 e. The maximum absolute atomic E-state index is 5.30. The van der Waals surface area contributed by atoms with E-state index in [0.717, 1.165) is 25.8 Å². The fourth-order valence-corrected chi connectivity index (χ4v) is 2.12. The predicted octanol–water partition coefficient (Wildman–Crippen LogP) is 1.49. The lowest BCUT2D eigenvalue weighted by molar-refractivity contribution is 0.143. The number of rotatable bonds is 7. The van der Waals surface area contributed by atoms with Gasteiger partial charge < -0.3 is 15.0 Å². The summed E-state index contributed by atoms with van der Waals surface area (Å²) in [7, 11) is 2.21. The van der Waals surface area contributed by atoms with Crippen molar-refractivity contribution in [2.24, 2.45) is 0 Å². The number of hydrogen-bond acceptors (Lipinski definition) is 3. The van der Waals surface area contributed by atoms with Crippen molar-refractivity contribution in [1.82, 2.24) is 10.2 Å². The number of hydrogen-bond donors (Lipinski definition) is 1. The molecule has 2 atom stereocenters. The van der Waals surface area contributed by atoms with E-state index < -0.39 is 0 Å². The molecule has 0 amide bonds. The summed E-state index contributed by atoms with van der Waals surface area (Å²) in [4.78, 5) is 2.43. The van der Waals surface area contributed by atoms with Crippen LogP contribution in [0.4, 0.5) is 0 Å². The summed E-state index contributed by atoms with van der Waals surface area (Å²) in [5.74, 6) is 0. The van der Waals surface area contributed by atoms with Crippen LogP contribution in [0.5, 0.6) is 0 Å². The van der Waals surface area contributed by atoms with Crippen LogP contribution in [0.2, 0.25) is 0 Å². The molecule has 1 aliphatic heterocycles. The highest BCUT2D eigenvalue weighted by Crippen LogP contribution is 2.14. The smallest absolute Gasteiger partial charge is 0.0466 e. The summed E-state index contributed by atoms with van der Waals surface area (Å²) in [6, 6.07) is 1.45. The lowest BCUT2D eigenvalue weighted by Crippen LogP contribution is -2.32. The third kappa shape index (κ3) is 4.96. The Labute approximate surface area is 94.2 Å². The minimum absolute atomic E-state index is 0.706. The van der Waals surface area contributed by atoms with Crippen LogP contribution in [0.25, 0.3) is 0 Å². The Kier molecular flexibility index (Phi) is 6.22. The lowest BCUT2D eigenvalue weighted by atomic mass is 10.2. The molecule has 0 aromatic rings. The van der Waals surface area contributed by atoms with Gasteiger partial charge in [0, 0.05) is 31.8 Å². The van der Waals surface area contributed by atoms with Gasteiger partial charge in [-0.15, -0.1) is 0 Å².